The van der Waals surface area contributed by atoms with E-state index in [1.165, 1.54) is 18.7 Å². The van der Waals surface area contributed by atoms with Gasteiger partial charge in [0.1, 0.15) is 21.8 Å². The molecule has 210 valence electrons. The van der Waals surface area contributed by atoms with Crippen molar-refractivity contribution in [3.63, 3.8) is 0 Å². The molecule has 0 radical (unpaired) electrons. The van der Waals surface area contributed by atoms with Crippen LogP contribution in [0.15, 0.2) is 78.1 Å². The van der Waals surface area contributed by atoms with Crippen molar-refractivity contribution in [2.75, 3.05) is 18.0 Å². The molecule has 0 aliphatic carbocycles. The minimum atomic E-state index is -0.557. The van der Waals surface area contributed by atoms with Crippen molar-refractivity contribution in [2.24, 2.45) is 0 Å². The summed E-state index contributed by atoms with van der Waals surface area (Å²) >= 11 is 1.37. The van der Waals surface area contributed by atoms with Crippen molar-refractivity contribution >= 4 is 40.9 Å². The van der Waals surface area contributed by atoms with Gasteiger partial charge in [-0.25, -0.2) is 9.78 Å². The van der Waals surface area contributed by atoms with Crippen molar-refractivity contribution in [3.8, 4) is 11.5 Å². The number of hydrogen-bond acceptors (Lipinski definition) is 7. The molecule has 10 heteroatoms. The smallest absolute Gasteiger partial charge is 0.327 e. The Labute approximate surface area is 243 Å². The zero-order valence-electron chi connectivity index (χ0n) is 22.9. The van der Waals surface area contributed by atoms with Crippen molar-refractivity contribution in [1.82, 2.24) is 20.5 Å². The monoisotopic (exact) mass is 569 g/mol. The first-order valence-corrected chi connectivity index (χ1v) is 14.5. The Hall–Kier alpha value is -4.31. The molecule has 1 fully saturated rings. The molecule has 0 saturated carbocycles. The number of carbonyl (C=O) groups is 3. The number of Topliss-reactive ketones (excluding diaryl/α,β-unsaturated/α-hetero) is 1. The van der Waals surface area contributed by atoms with Gasteiger partial charge in [-0.2, -0.15) is 0 Å². The van der Waals surface area contributed by atoms with Crippen molar-refractivity contribution in [1.29, 1.82) is 0 Å². The first-order chi connectivity index (χ1) is 19.8. The van der Waals surface area contributed by atoms with E-state index in [0.717, 1.165) is 47.0 Å². The molecule has 1 saturated heterocycles. The quantitative estimate of drug-likeness (QED) is 0.375. The maximum Gasteiger partial charge on any atom is 0.327 e. The fourth-order valence-corrected chi connectivity index (χ4v) is 6.91. The van der Waals surface area contributed by atoms with Crippen molar-refractivity contribution < 1.29 is 19.1 Å². The topological polar surface area (TPSA) is 104 Å². The Morgan fingerprint density at radius 1 is 1.12 bits per heavy atom. The average molecular weight is 570 g/mol. The van der Waals surface area contributed by atoms with Crippen LogP contribution in [0, 0.1) is 6.92 Å². The summed E-state index contributed by atoms with van der Waals surface area (Å²) in [6.07, 6.45) is 3.35. The van der Waals surface area contributed by atoms with Gasteiger partial charge in [0.05, 0.1) is 23.1 Å². The van der Waals surface area contributed by atoms with Crippen LogP contribution in [0.25, 0.3) is 0 Å². The molecule has 1 aromatic heterocycles. The van der Waals surface area contributed by atoms with E-state index in [0.29, 0.717) is 23.7 Å². The number of allylic oxidation sites excluding steroid dienone is 1. The number of carbonyl (C=O) groups excluding carboxylic acids is 3. The fraction of sp³-hybridized carbons (Fsp3) is 0.290. The Balaban J connectivity index is 1.22. The summed E-state index contributed by atoms with van der Waals surface area (Å²) in [4.78, 5) is 47.1. The lowest BCUT2D eigenvalue weighted by Crippen LogP contribution is -2.53. The summed E-state index contributed by atoms with van der Waals surface area (Å²) in [6, 6.07) is 16.1. The fourth-order valence-electron chi connectivity index (χ4n) is 5.68. The molecule has 3 aliphatic rings. The Morgan fingerprint density at radius 3 is 2.68 bits per heavy atom. The molecule has 9 nitrogen and oxygen atoms in total. The normalized spacial score (nSPS) is 21.1. The van der Waals surface area contributed by atoms with Gasteiger partial charge in [-0.1, -0.05) is 36.5 Å². The molecule has 0 spiro atoms. The lowest BCUT2D eigenvalue weighted by Gasteiger charge is -2.37. The number of ketones is 1. The highest BCUT2D eigenvalue weighted by Crippen LogP contribution is 2.51. The molecule has 4 heterocycles. The first-order valence-electron chi connectivity index (χ1n) is 13.6. The largest absolute Gasteiger partial charge is 0.457 e. The maximum atomic E-state index is 13.6. The number of rotatable bonds is 7. The number of thioether (sulfide) groups is 1. The van der Waals surface area contributed by atoms with E-state index in [9.17, 15) is 14.4 Å². The molecule has 41 heavy (non-hydrogen) atoms. The van der Waals surface area contributed by atoms with Crippen molar-refractivity contribution in [3.05, 3.63) is 84.2 Å². The summed E-state index contributed by atoms with van der Waals surface area (Å²) in [5.74, 6) is 1.18. The number of urea groups is 1. The zero-order valence-corrected chi connectivity index (χ0v) is 23.7. The molecule has 6 rings (SSSR count). The zero-order chi connectivity index (χ0) is 28.7. The van der Waals surface area contributed by atoms with Crippen LogP contribution in [0.1, 0.15) is 36.9 Å². The van der Waals surface area contributed by atoms with E-state index in [2.05, 4.69) is 22.2 Å². The molecular formula is C31H31N5O4S. The number of pyridine rings is 1. The van der Waals surface area contributed by atoms with Gasteiger partial charge in [-0.3, -0.25) is 14.5 Å². The highest BCUT2D eigenvalue weighted by Gasteiger charge is 2.47. The van der Waals surface area contributed by atoms with Crippen molar-refractivity contribution in [2.45, 2.75) is 49.0 Å². The van der Waals surface area contributed by atoms with Crippen LogP contribution in [-0.2, 0) is 9.59 Å². The van der Waals surface area contributed by atoms with Gasteiger partial charge in [0, 0.05) is 37.8 Å². The van der Waals surface area contributed by atoms with Gasteiger partial charge in [0.2, 0.25) is 5.91 Å². The number of nitrogens with one attached hydrogen (secondary N) is 2. The summed E-state index contributed by atoms with van der Waals surface area (Å²) in [6.45, 7) is 8.62. The average Bonchev–Trinajstić information content (AvgIpc) is 3.33. The lowest BCUT2D eigenvalue weighted by atomic mass is 9.98. The number of likely N-dealkylation sites (tertiary alicyclic amines) is 1. The third-order valence-electron chi connectivity index (χ3n) is 7.71. The number of nitrogens with zero attached hydrogens (tertiary/aromatic N) is 3. The first kappa shape index (κ1) is 26.9. The second-order valence-electron chi connectivity index (χ2n) is 10.5. The molecule has 3 atom stereocenters. The molecule has 2 N–H and O–H groups in total. The minimum Gasteiger partial charge on any atom is -0.457 e. The molecule has 2 unspecified atom stereocenters. The van der Waals surface area contributed by atoms with Crippen LogP contribution in [0.5, 0.6) is 11.5 Å². The van der Waals surface area contributed by atoms with Crippen LogP contribution in [0.2, 0.25) is 0 Å². The number of piperidine rings is 1. The Morgan fingerprint density at radius 2 is 1.93 bits per heavy atom. The van der Waals surface area contributed by atoms with Gasteiger partial charge in [-0.15, -0.1) is 0 Å². The van der Waals surface area contributed by atoms with Crippen LogP contribution in [0.4, 0.5) is 16.2 Å². The molecule has 3 amide bonds. The second-order valence-corrected chi connectivity index (χ2v) is 11.6. The number of amides is 3. The van der Waals surface area contributed by atoms with Crippen LogP contribution in [0.3, 0.4) is 0 Å². The van der Waals surface area contributed by atoms with Gasteiger partial charge in [-0.05, 0) is 61.7 Å². The molecule has 3 aliphatic heterocycles. The van der Waals surface area contributed by atoms with E-state index in [1.54, 1.807) is 11.1 Å². The lowest BCUT2D eigenvalue weighted by molar-refractivity contribution is -0.122. The van der Waals surface area contributed by atoms with E-state index >= 15 is 0 Å². The standard InChI is InChI=1S/C31H31N5O4S/c1-18-16-23(40-22-9-5-4-6-10-22)11-12-24(18)36-25-13-14-32-30-26(25)27(34-31(36)39)28(41-30)29(38)33-21-8-7-15-35(17-21)19(2)20(3)37/h4-6,9-14,16,21,27-28H,2,7-8,15,17H2,1,3H3,(H,33,38)(H,34,39)/t21?,27?,28-/m1/s1. The Kier molecular flexibility index (Phi) is 7.17. The summed E-state index contributed by atoms with van der Waals surface area (Å²) < 4.78 is 5.98. The molecule has 2 aromatic carbocycles. The number of anilines is 2. The SMILES string of the molecule is C=C(C(C)=O)N1CCCC(NC(=O)[C@@H]2Sc3nccc4c3C2NC(=O)N4c2ccc(Oc3ccccc3)cc2C)C1. The van der Waals surface area contributed by atoms with E-state index in [4.69, 9.17) is 4.74 Å². The summed E-state index contributed by atoms with van der Waals surface area (Å²) in [5.41, 5.74) is 3.62. The number of aromatic nitrogens is 1. The highest BCUT2D eigenvalue weighted by molar-refractivity contribution is 8.01. The molecule has 0 bridgehead atoms. The third kappa shape index (κ3) is 5.15. The van der Waals surface area contributed by atoms with Gasteiger partial charge < -0.3 is 20.3 Å². The number of ether oxygens (including phenoxy) is 1. The predicted molar refractivity (Wildman–Crippen MR) is 158 cm³/mol. The summed E-state index contributed by atoms with van der Waals surface area (Å²) in [7, 11) is 0. The second kappa shape index (κ2) is 10.9. The predicted octanol–water partition coefficient (Wildman–Crippen LogP) is 5.24. The van der Waals surface area contributed by atoms with Crippen LogP contribution in [-0.4, -0.2) is 52.0 Å². The number of benzene rings is 2. The summed E-state index contributed by atoms with van der Waals surface area (Å²) in [5, 5.41) is 6.41. The van der Waals surface area contributed by atoms with Crippen LogP contribution >= 0.6 is 11.8 Å². The van der Waals surface area contributed by atoms with E-state index < -0.39 is 11.3 Å². The Bertz CT molecular complexity index is 1540. The third-order valence-corrected chi connectivity index (χ3v) is 9.00. The van der Waals surface area contributed by atoms with E-state index in [1.807, 2.05) is 66.4 Å². The number of aryl methyl sites for hydroxylation is 1. The number of para-hydroxylation sites is 1. The highest BCUT2D eigenvalue weighted by atomic mass is 32.2. The molecular weight excluding hydrogens is 538 g/mol. The van der Waals surface area contributed by atoms with Gasteiger partial charge >= 0.3 is 6.03 Å². The van der Waals surface area contributed by atoms with Crippen LogP contribution < -0.4 is 20.3 Å². The van der Waals surface area contributed by atoms with Gasteiger partial charge in [0.25, 0.3) is 0 Å². The molecule has 3 aromatic rings. The van der Waals surface area contributed by atoms with E-state index in [-0.39, 0.29) is 23.8 Å². The maximum absolute atomic E-state index is 13.6. The van der Waals surface area contributed by atoms with Gasteiger partial charge in [0.15, 0.2) is 5.78 Å². The number of hydrogen-bond donors (Lipinski definition) is 2. The minimum absolute atomic E-state index is 0.0690.